The molecule has 3 amide bonds. The number of morpholine rings is 1. The summed E-state index contributed by atoms with van der Waals surface area (Å²) >= 11 is 0.658. The Morgan fingerprint density at radius 3 is 2.47 bits per heavy atom. The third-order valence-corrected chi connectivity index (χ3v) is 6.21. The van der Waals surface area contributed by atoms with Gasteiger partial charge in [-0.25, -0.2) is 0 Å². The van der Waals surface area contributed by atoms with E-state index >= 15 is 0 Å². The van der Waals surface area contributed by atoms with Crippen LogP contribution in [0.15, 0.2) is 47.4 Å². The number of carbonyl (C=O) groups is 3. The molecule has 2 heterocycles. The Kier molecular flexibility index (Phi) is 7.26. The second-order valence-electron chi connectivity index (χ2n) is 7.57. The Morgan fingerprint density at radius 2 is 1.78 bits per heavy atom. The number of imide groups is 1. The summed E-state index contributed by atoms with van der Waals surface area (Å²) in [5, 5.41) is 21.8. The third-order valence-electron chi connectivity index (χ3n) is 5.31. The van der Waals surface area contributed by atoms with Gasteiger partial charge in [-0.2, -0.15) is 0 Å². The zero-order chi connectivity index (χ0) is 25.8. The van der Waals surface area contributed by atoms with Gasteiger partial charge >= 0.3 is 5.69 Å². The fourth-order valence-corrected chi connectivity index (χ4v) is 4.31. The Morgan fingerprint density at radius 1 is 1.06 bits per heavy atom. The van der Waals surface area contributed by atoms with Crippen LogP contribution in [0.25, 0.3) is 6.08 Å². The van der Waals surface area contributed by atoms with Gasteiger partial charge in [-0.3, -0.25) is 39.5 Å². The first-order valence-corrected chi connectivity index (χ1v) is 11.4. The summed E-state index contributed by atoms with van der Waals surface area (Å²) in [5.74, 6) is -1.14. The molecule has 13 nitrogen and oxygen atoms in total. The van der Waals surface area contributed by atoms with Crippen molar-refractivity contribution in [3.63, 3.8) is 0 Å². The van der Waals surface area contributed by atoms with E-state index in [4.69, 9.17) is 9.47 Å². The number of benzene rings is 2. The molecule has 2 fully saturated rings. The summed E-state index contributed by atoms with van der Waals surface area (Å²) in [6.45, 7) is 1.14. The van der Waals surface area contributed by atoms with Crippen LogP contribution in [0.2, 0.25) is 0 Å². The molecule has 2 aliphatic rings. The van der Waals surface area contributed by atoms with E-state index in [2.05, 4.69) is 0 Å². The summed E-state index contributed by atoms with van der Waals surface area (Å²) in [4.78, 5) is 61.1. The standard InChI is InChI=1S/C22H18N4O9S/c27-20(23-7-9-34-10-8-23)13-24-21(28)19(36-22(24)29)11-14-3-1-2-4-17(14)35-18-6-5-15(25(30)31)12-16(18)26(32)33/h1-6,11-12H,7-10,13H2/b19-11-. The number of amides is 3. The number of rotatable bonds is 7. The SMILES string of the molecule is O=C(CN1C(=O)S/C(=C\c2ccccc2Oc2ccc([N+](=O)[O-])cc2[N+](=O)[O-])C1=O)N1CCOCC1. The summed E-state index contributed by atoms with van der Waals surface area (Å²) in [6.07, 6.45) is 1.39. The minimum absolute atomic E-state index is 0.0454. The normalized spacial score (nSPS) is 16.9. The molecule has 2 aromatic rings. The molecule has 0 saturated carbocycles. The number of thioether (sulfide) groups is 1. The van der Waals surface area contributed by atoms with Crippen LogP contribution in [-0.4, -0.2) is 69.5 Å². The molecule has 0 aliphatic carbocycles. The van der Waals surface area contributed by atoms with Crippen LogP contribution >= 0.6 is 11.8 Å². The van der Waals surface area contributed by atoms with Crippen molar-refractivity contribution >= 4 is 46.3 Å². The van der Waals surface area contributed by atoms with Gasteiger partial charge in [-0.05, 0) is 30.0 Å². The van der Waals surface area contributed by atoms with Crippen molar-refractivity contribution in [2.75, 3.05) is 32.8 Å². The molecule has 2 aliphatic heterocycles. The topological polar surface area (TPSA) is 162 Å². The van der Waals surface area contributed by atoms with Gasteiger partial charge in [0.25, 0.3) is 16.8 Å². The maximum absolute atomic E-state index is 12.9. The number of carbonyl (C=O) groups excluding carboxylic acids is 3. The Hall–Kier alpha value is -4.30. The van der Waals surface area contributed by atoms with Crippen molar-refractivity contribution in [2.24, 2.45) is 0 Å². The molecule has 2 aromatic carbocycles. The fourth-order valence-electron chi connectivity index (χ4n) is 3.49. The van der Waals surface area contributed by atoms with Crippen LogP contribution in [0.5, 0.6) is 11.5 Å². The minimum Gasteiger partial charge on any atom is -0.449 e. The molecule has 0 bridgehead atoms. The second kappa shape index (κ2) is 10.5. The van der Waals surface area contributed by atoms with E-state index in [0.717, 1.165) is 23.1 Å². The van der Waals surface area contributed by atoms with Gasteiger partial charge in [-0.1, -0.05) is 18.2 Å². The maximum Gasteiger partial charge on any atom is 0.318 e. The average Bonchev–Trinajstić information content (AvgIpc) is 3.13. The molecule has 0 radical (unpaired) electrons. The maximum atomic E-state index is 12.9. The third kappa shape index (κ3) is 5.34. The van der Waals surface area contributed by atoms with Gasteiger partial charge in [-0.15, -0.1) is 0 Å². The molecule has 0 spiro atoms. The van der Waals surface area contributed by atoms with Crippen LogP contribution in [0.3, 0.4) is 0 Å². The highest BCUT2D eigenvalue weighted by molar-refractivity contribution is 8.18. The number of ether oxygens (including phenoxy) is 2. The smallest absolute Gasteiger partial charge is 0.318 e. The van der Waals surface area contributed by atoms with Crippen molar-refractivity contribution in [1.29, 1.82) is 0 Å². The van der Waals surface area contributed by atoms with E-state index in [0.29, 0.717) is 43.6 Å². The summed E-state index contributed by atoms with van der Waals surface area (Å²) < 4.78 is 10.9. The number of para-hydroxylation sites is 1. The number of nitro benzene ring substituents is 2. The van der Waals surface area contributed by atoms with Crippen molar-refractivity contribution in [3.05, 3.63) is 73.2 Å². The molecular weight excluding hydrogens is 496 g/mol. The van der Waals surface area contributed by atoms with Crippen molar-refractivity contribution < 1.29 is 33.7 Å². The van der Waals surface area contributed by atoms with Crippen molar-refractivity contribution in [2.45, 2.75) is 0 Å². The highest BCUT2D eigenvalue weighted by Crippen LogP contribution is 2.38. The molecule has 14 heteroatoms. The molecule has 0 N–H and O–H groups in total. The van der Waals surface area contributed by atoms with Crippen LogP contribution in [0, 0.1) is 20.2 Å². The number of non-ortho nitro benzene ring substituents is 1. The molecule has 0 aromatic heterocycles. The average molecular weight is 514 g/mol. The second-order valence-corrected chi connectivity index (χ2v) is 8.56. The first-order valence-electron chi connectivity index (χ1n) is 10.5. The minimum atomic E-state index is -0.804. The Labute approximate surface area is 207 Å². The molecule has 0 unspecified atom stereocenters. The lowest BCUT2D eigenvalue weighted by Gasteiger charge is -2.28. The monoisotopic (exact) mass is 514 g/mol. The summed E-state index contributed by atoms with van der Waals surface area (Å²) in [6, 6.07) is 9.25. The number of nitro groups is 2. The van der Waals surface area contributed by atoms with E-state index < -0.39 is 38.9 Å². The molecule has 36 heavy (non-hydrogen) atoms. The number of nitrogens with zero attached hydrogens (tertiary/aromatic N) is 4. The van der Waals surface area contributed by atoms with Crippen LogP contribution in [0.1, 0.15) is 5.56 Å². The fraction of sp³-hybridized carbons (Fsp3) is 0.227. The molecule has 186 valence electrons. The number of hydrogen-bond donors (Lipinski definition) is 0. The largest absolute Gasteiger partial charge is 0.449 e. The van der Waals surface area contributed by atoms with E-state index in [1.165, 1.54) is 17.0 Å². The number of hydrogen-bond acceptors (Lipinski definition) is 10. The van der Waals surface area contributed by atoms with Gasteiger partial charge in [0.05, 0.1) is 34.0 Å². The van der Waals surface area contributed by atoms with Crippen molar-refractivity contribution in [3.8, 4) is 11.5 Å². The first kappa shape index (κ1) is 24.8. The van der Waals surface area contributed by atoms with E-state index in [1.54, 1.807) is 18.2 Å². The van der Waals surface area contributed by atoms with Gasteiger partial charge in [0.2, 0.25) is 11.7 Å². The van der Waals surface area contributed by atoms with E-state index in [9.17, 15) is 34.6 Å². The lowest BCUT2D eigenvalue weighted by atomic mass is 10.1. The predicted molar refractivity (Wildman–Crippen MR) is 126 cm³/mol. The van der Waals surface area contributed by atoms with Crippen LogP contribution < -0.4 is 4.74 Å². The lowest BCUT2D eigenvalue weighted by Crippen LogP contribution is -2.46. The zero-order valence-corrected chi connectivity index (χ0v) is 19.3. The first-order chi connectivity index (χ1) is 17.2. The quantitative estimate of drug-likeness (QED) is 0.305. The highest BCUT2D eigenvalue weighted by atomic mass is 32.2. The molecule has 0 atom stereocenters. The predicted octanol–water partition coefficient (Wildman–Crippen LogP) is 3.19. The molecule has 4 rings (SSSR count). The van der Waals surface area contributed by atoms with E-state index in [1.807, 2.05) is 0 Å². The van der Waals surface area contributed by atoms with Crippen LogP contribution in [0.4, 0.5) is 16.2 Å². The van der Waals surface area contributed by atoms with Crippen LogP contribution in [-0.2, 0) is 14.3 Å². The molecule has 2 saturated heterocycles. The Balaban J connectivity index is 1.56. The lowest BCUT2D eigenvalue weighted by molar-refractivity contribution is -0.394. The summed E-state index contributed by atoms with van der Waals surface area (Å²) in [7, 11) is 0. The highest BCUT2D eigenvalue weighted by Gasteiger charge is 2.37. The Bertz CT molecular complexity index is 1290. The molecular formula is C22H18N4O9S. The van der Waals surface area contributed by atoms with Gasteiger partial charge in [0.15, 0.2) is 0 Å². The zero-order valence-electron chi connectivity index (χ0n) is 18.5. The van der Waals surface area contributed by atoms with Crippen molar-refractivity contribution in [1.82, 2.24) is 9.80 Å². The van der Waals surface area contributed by atoms with Gasteiger partial charge in [0.1, 0.15) is 12.3 Å². The van der Waals surface area contributed by atoms with Gasteiger partial charge < -0.3 is 14.4 Å². The van der Waals surface area contributed by atoms with Gasteiger partial charge in [0, 0.05) is 24.7 Å². The van der Waals surface area contributed by atoms with E-state index in [-0.39, 0.29) is 22.3 Å². The summed E-state index contributed by atoms with van der Waals surface area (Å²) in [5.41, 5.74) is -0.751.